The fourth-order valence-corrected chi connectivity index (χ4v) is 2.99. The van der Waals surface area contributed by atoms with Crippen LogP contribution in [-0.2, 0) is 15.4 Å². The smallest absolute Gasteiger partial charge is 0.225 e. The summed E-state index contributed by atoms with van der Waals surface area (Å²) in [6.07, 6.45) is 0. The number of nitrogens with two attached hydrogens (primary N) is 1. The molecule has 1 aromatic carbocycles. The van der Waals surface area contributed by atoms with E-state index in [9.17, 15) is 8.42 Å². The van der Waals surface area contributed by atoms with E-state index in [2.05, 4.69) is 15.9 Å². The Balaban J connectivity index is 3.50. The van der Waals surface area contributed by atoms with Gasteiger partial charge < -0.3 is 0 Å². The standard InChI is InChI=1S/C7H7BrClNO2S/c8-4-5-2-1-3-6(9)7(5)13(10,11)12/h1-3H,4H2,(H2,10,11,12). The fourth-order valence-electron chi connectivity index (χ4n) is 0.977. The van der Waals surface area contributed by atoms with Crippen molar-refractivity contribution in [2.75, 3.05) is 0 Å². The van der Waals surface area contributed by atoms with E-state index in [1.54, 1.807) is 12.1 Å². The molecule has 0 aliphatic heterocycles. The van der Waals surface area contributed by atoms with Gasteiger partial charge in [0.05, 0.1) is 5.02 Å². The topological polar surface area (TPSA) is 60.2 Å². The Morgan fingerprint density at radius 2 is 2.08 bits per heavy atom. The van der Waals surface area contributed by atoms with Crippen molar-refractivity contribution in [3.8, 4) is 0 Å². The van der Waals surface area contributed by atoms with Gasteiger partial charge in [-0.3, -0.25) is 0 Å². The zero-order valence-electron chi connectivity index (χ0n) is 6.50. The molecule has 0 aliphatic rings. The van der Waals surface area contributed by atoms with Crippen LogP contribution >= 0.6 is 27.5 Å². The summed E-state index contributed by atoms with van der Waals surface area (Å²) in [5.74, 6) is 0. The lowest BCUT2D eigenvalue weighted by Gasteiger charge is -2.05. The molecule has 0 amide bonds. The van der Waals surface area contributed by atoms with Gasteiger partial charge in [-0.1, -0.05) is 39.7 Å². The van der Waals surface area contributed by atoms with Crippen molar-refractivity contribution in [2.45, 2.75) is 10.2 Å². The maximum absolute atomic E-state index is 11.1. The summed E-state index contributed by atoms with van der Waals surface area (Å²) in [4.78, 5) is -0.00598. The molecule has 3 nitrogen and oxygen atoms in total. The van der Waals surface area contributed by atoms with Gasteiger partial charge in [0, 0.05) is 5.33 Å². The van der Waals surface area contributed by atoms with Gasteiger partial charge in [-0.25, -0.2) is 13.6 Å². The fraction of sp³-hybridized carbons (Fsp3) is 0.143. The molecule has 0 saturated carbocycles. The van der Waals surface area contributed by atoms with Gasteiger partial charge in [-0.15, -0.1) is 0 Å². The molecule has 13 heavy (non-hydrogen) atoms. The highest BCUT2D eigenvalue weighted by Crippen LogP contribution is 2.25. The molecular weight excluding hydrogens is 278 g/mol. The maximum atomic E-state index is 11.1. The average molecular weight is 285 g/mol. The van der Waals surface area contributed by atoms with E-state index in [0.717, 1.165) is 0 Å². The summed E-state index contributed by atoms with van der Waals surface area (Å²) in [6.45, 7) is 0. The van der Waals surface area contributed by atoms with Gasteiger partial charge in [0.25, 0.3) is 0 Å². The predicted octanol–water partition coefficient (Wildman–Crippen LogP) is 1.88. The van der Waals surface area contributed by atoms with E-state index in [4.69, 9.17) is 16.7 Å². The number of hydrogen-bond acceptors (Lipinski definition) is 2. The molecule has 1 rings (SSSR count). The minimum absolute atomic E-state index is 0.00598. The minimum atomic E-state index is -3.74. The summed E-state index contributed by atoms with van der Waals surface area (Å²) in [5.41, 5.74) is 0.565. The van der Waals surface area contributed by atoms with Gasteiger partial charge in [-0.05, 0) is 11.6 Å². The molecule has 0 fully saturated rings. The summed E-state index contributed by atoms with van der Waals surface area (Å²) < 4.78 is 22.2. The van der Waals surface area contributed by atoms with Crippen molar-refractivity contribution in [1.82, 2.24) is 0 Å². The Morgan fingerprint density at radius 3 is 2.46 bits per heavy atom. The van der Waals surface area contributed by atoms with E-state index >= 15 is 0 Å². The quantitative estimate of drug-likeness (QED) is 0.843. The molecule has 0 atom stereocenters. The van der Waals surface area contributed by atoms with Gasteiger partial charge in [0.15, 0.2) is 0 Å². The van der Waals surface area contributed by atoms with Crippen LogP contribution in [0.4, 0.5) is 0 Å². The zero-order chi connectivity index (χ0) is 10.1. The molecule has 0 radical (unpaired) electrons. The SMILES string of the molecule is NS(=O)(=O)c1c(Cl)cccc1CBr. The molecule has 0 unspecified atom stereocenters. The second kappa shape index (κ2) is 3.96. The molecular formula is C7H7BrClNO2S. The average Bonchev–Trinajstić information content (AvgIpc) is 2.01. The Kier molecular flexibility index (Phi) is 3.34. The van der Waals surface area contributed by atoms with Crippen molar-refractivity contribution < 1.29 is 8.42 Å². The van der Waals surface area contributed by atoms with E-state index in [-0.39, 0.29) is 9.92 Å². The summed E-state index contributed by atoms with van der Waals surface area (Å²) in [5, 5.41) is 5.56. The first-order valence-corrected chi connectivity index (χ1v) is 6.37. The van der Waals surface area contributed by atoms with Crippen molar-refractivity contribution >= 4 is 37.6 Å². The van der Waals surface area contributed by atoms with Crippen LogP contribution in [0.25, 0.3) is 0 Å². The lowest BCUT2D eigenvalue weighted by molar-refractivity contribution is 0.597. The molecule has 0 aliphatic carbocycles. The number of rotatable bonds is 2. The van der Waals surface area contributed by atoms with E-state index in [1.807, 2.05) is 0 Å². The van der Waals surface area contributed by atoms with Crippen LogP contribution in [0, 0.1) is 0 Å². The van der Waals surface area contributed by atoms with Crippen molar-refractivity contribution in [3.05, 3.63) is 28.8 Å². The number of sulfonamides is 1. The normalized spacial score (nSPS) is 11.6. The second-order valence-corrected chi connectivity index (χ2v) is 4.87. The largest absolute Gasteiger partial charge is 0.239 e. The lowest BCUT2D eigenvalue weighted by atomic mass is 10.2. The highest BCUT2D eigenvalue weighted by atomic mass is 79.9. The first kappa shape index (κ1) is 11.0. The predicted molar refractivity (Wildman–Crippen MR) is 55.5 cm³/mol. The van der Waals surface area contributed by atoms with Gasteiger partial charge >= 0.3 is 0 Å². The lowest BCUT2D eigenvalue weighted by Crippen LogP contribution is -2.14. The summed E-state index contributed by atoms with van der Waals surface area (Å²) in [7, 11) is -3.74. The Hall–Kier alpha value is -0.100. The van der Waals surface area contributed by atoms with Gasteiger partial charge in [0.2, 0.25) is 10.0 Å². The van der Waals surface area contributed by atoms with Crippen molar-refractivity contribution in [2.24, 2.45) is 5.14 Å². The van der Waals surface area contributed by atoms with E-state index in [0.29, 0.717) is 10.9 Å². The molecule has 72 valence electrons. The van der Waals surface area contributed by atoms with E-state index < -0.39 is 10.0 Å². The first-order chi connectivity index (χ1) is 5.96. The van der Waals surface area contributed by atoms with Gasteiger partial charge in [-0.2, -0.15) is 0 Å². The molecule has 0 heterocycles. The first-order valence-electron chi connectivity index (χ1n) is 3.33. The number of primary sulfonamides is 1. The maximum Gasteiger partial charge on any atom is 0.239 e. The number of benzene rings is 1. The van der Waals surface area contributed by atoms with Crippen molar-refractivity contribution in [3.63, 3.8) is 0 Å². The molecule has 1 aromatic rings. The number of halogens is 2. The Morgan fingerprint density at radius 1 is 1.46 bits per heavy atom. The minimum Gasteiger partial charge on any atom is -0.225 e. The van der Waals surface area contributed by atoms with Crippen LogP contribution in [0.5, 0.6) is 0 Å². The molecule has 2 N–H and O–H groups in total. The van der Waals surface area contributed by atoms with Crippen LogP contribution in [-0.4, -0.2) is 8.42 Å². The zero-order valence-corrected chi connectivity index (χ0v) is 9.66. The Labute approximate surface area is 90.1 Å². The highest BCUT2D eigenvalue weighted by molar-refractivity contribution is 9.08. The molecule has 0 bridgehead atoms. The Bertz CT molecular complexity index is 419. The second-order valence-electron chi connectivity index (χ2n) is 2.41. The van der Waals surface area contributed by atoms with Crippen molar-refractivity contribution in [1.29, 1.82) is 0 Å². The summed E-state index contributed by atoms with van der Waals surface area (Å²) in [6, 6.07) is 4.82. The highest BCUT2D eigenvalue weighted by Gasteiger charge is 2.16. The third kappa shape index (κ3) is 2.43. The van der Waals surface area contributed by atoms with Gasteiger partial charge in [0.1, 0.15) is 4.90 Å². The van der Waals surface area contributed by atoms with Crippen LogP contribution in [0.3, 0.4) is 0 Å². The van der Waals surface area contributed by atoms with Crippen LogP contribution in [0.1, 0.15) is 5.56 Å². The monoisotopic (exact) mass is 283 g/mol. The molecule has 0 aromatic heterocycles. The number of alkyl halides is 1. The van der Waals surface area contributed by atoms with Crippen LogP contribution in [0.15, 0.2) is 23.1 Å². The number of hydrogen-bond donors (Lipinski definition) is 1. The molecule has 0 spiro atoms. The summed E-state index contributed by atoms with van der Waals surface area (Å²) >= 11 is 8.87. The van der Waals surface area contributed by atoms with Crippen LogP contribution in [0.2, 0.25) is 5.02 Å². The molecule has 0 saturated heterocycles. The molecule has 6 heteroatoms. The van der Waals surface area contributed by atoms with E-state index in [1.165, 1.54) is 6.07 Å². The van der Waals surface area contributed by atoms with Crippen LogP contribution < -0.4 is 5.14 Å². The third-order valence-corrected chi connectivity index (χ3v) is 3.56. The third-order valence-electron chi connectivity index (χ3n) is 1.48.